The normalized spacial score (nSPS) is 12.1. The Bertz CT molecular complexity index is 292. The van der Waals surface area contributed by atoms with E-state index in [1.165, 1.54) is 0 Å². The fourth-order valence-electron chi connectivity index (χ4n) is 0.889. The van der Waals surface area contributed by atoms with E-state index in [1.807, 2.05) is 18.2 Å². The molecule has 2 N–H and O–H groups in total. The molecule has 1 rings (SSSR count). The fourth-order valence-corrected chi connectivity index (χ4v) is 0.889. The maximum Gasteiger partial charge on any atom is 0.0653 e. The predicted molar refractivity (Wildman–Crippen MR) is 51.5 cm³/mol. The first kappa shape index (κ1) is 8.68. The summed E-state index contributed by atoms with van der Waals surface area (Å²) in [7, 11) is 0. The van der Waals surface area contributed by atoms with Crippen molar-refractivity contribution in [1.82, 2.24) is 4.98 Å². The van der Waals surface area contributed by atoms with Crippen LogP contribution < -0.4 is 5.73 Å². The van der Waals surface area contributed by atoms with Crippen LogP contribution in [-0.2, 0) is 0 Å². The molecule has 0 bridgehead atoms. The third kappa shape index (κ3) is 1.80. The molecule has 1 aromatic heterocycles. The highest BCUT2D eigenvalue weighted by Gasteiger charge is 2.01. The van der Waals surface area contributed by atoms with Crippen molar-refractivity contribution in [3.63, 3.8) is 0 Å². The molecule has 1 heterocycles. The molecule has 0 aliphatic heterocycles. The van der Waals surface area contributed by atoms with E-state index in [4.69, 9.17) is 5.73 Å². The molecule has 0 aliphatic carbocycles. The van der Waals surface area contributed by atoms with Gasteiger partial charge in [-0.3, -0.25) is 4.98 Å². The van der Waals surface area contributed by atoms with E-state index in [-0.39, 0.29) is 6.04 Å². The number of pyridine rings is 1. The van der Waals surface area contributed by atoms with Gasteiger partial charge >= 0.3 is 0 Å². The summed E-state index contributed by atoms with van der Waals surface area (Å²) in [6.45, 7) is 7.23. The Labute approximate surface area is 72.4 Å². The first-order valence-corrected chi connectivity index (χ1v) is 3.75. The second kappa shape index (κ2) is 3.83. The van der Waals surface area contributed by atoms with Gasteiger partial charge in [-0.05, 0) is 18.2 Å². The molecule has 2 nitrogen and oxygen atoms in total. The molecule has 0 fully saturated rings. The molecule has 0 saturated carbocycles. The summed E-state index contributed by atoms with van der Waals surface area (Å²) < 4.78 is 0. The first-order chi connectivity index (χ1) is 5.77. The predicted octanol–water partition coefficient (Wildman–Crippen LogP) is 1.91. The fraction of sp³-hybridized carbons (Fsp3) is 0.100. The van der Waals surface area contributed by atoms with Gasteiger partial charge in [0.25, 0.3) is 0 Å². The van der Waals surface area contributed by atoms with Gasteiger partial charge in [-0.15, -0.1) is 6.58 Å². The van der Waals surface area contributed by atoms with E-state index in [0.717, 1.165) is 11.4 Å². The molecule has 2 heteroatoms. The summed E-state index contributed by atoms with van der Waals surface area (Å²) in [6.07, 6.45) is 3.36. The van der Waals surface area contributed by atoms with E-state index in [1.54, 1.807) is 12.2 Å². The molecule has 62 valence electrons. The van der Waals surface area contributed by atoms with Crippen LogP contribution in [-0.4, -0.2) is 4.98 Å². The first-order valence-electron chi connectivity index (χ1n) is 3.75. The van der Waals surface area contributed by atoms with Crippen molar-refractivity contribution >= 4 is 6.08 Å². The third-order valence-electron chi connectivity index (χ3n) is 1.60. The van der Waals surface area contributed by atoms with Gasteiger partial charge in [0.05, 0.1) is 17.4 Å². The zero-order valence-electron chi connectivity index (χ0n) is 6.90. The Morgan fingerprint density at radius 2 is 2.17 bits per heavy atom. The molecule has 0 unspecified atom stereocenters. The van der Waals surface area contributed by atoms with Crippen LogP contribution in [0.1, 0.15) is 17.4 Å². The highest BCUT2D eigenvalue weighted by Crippen LogP contribution is 2.08. The molecule has 0 aromatic carbocycles. The van der Waals surface area contributed by atoms with Crippen molar-refractivity contribution in [3.05, 3.63) is 48.8 Å². The Morgan fingerprint density at radius 3 is 2.75 bits per heavy atom. The smallest absolute Gasteiger partial charge is 0.0653 e. The molecule has 0 amide bonds. The molecular formula is C10H12N2. The van der Waals surface area contributed by atoms with Gasteiger partial charge in [-0.25, -0.2) is 0 Å². The number of aromatic nitrogens is 1. The summed E-state index contributed by atoms with van der Waals surface area (Å²) in [5, 5.41) is 0. The second-order valence-electron chi connectivity index (χ2n) is 2.45. The molecule has 12 heavy (non-hydrogen) atoms. The number of hydrogen-bond acceptors (Lipinski definition) is 2. The highest BCUT2D eigenvalue weighted by atomic mass is 14.8. The van der Waals surface area contributed by atoms with E-state index in [9.17, 15) is 0 Å². The van der Waals surface area contributed by atoms with Crippen molar-refractivity contribution in [2.75, 3.05) is 0 Å². The largest absolute Gasteiger partial charge is 0.319 e. The summed E-state index contributed by atoms with van der Waals surface area (Å²) >= 11 is 0. The standard InChI is InChI=1S/C10H12N2/c1-3-8-6-5-7-10(12-8)9(11)4-2/h3-7,9H,1-2,11H2/t9-/m1/s1. The van der Waals surface area contributed by atoms with Gasteiger partial charge in [0, 0.05) is 0 Å². The van der Waals surface area contributed by atoms with E-state index < -0.39 is 0 Å². The lowest BCUT2D eigenvalue weighted by Crippen LogP contribution is -2.08. The Kier molecular flexibility index (Phi) is 2.77. The van der Waals surface area contributed by atoms with Crippen LogP contribution in [0.5, 0.6) is 0 Å². The zero-order chi connectivity index (χ0) is 8.97. The highest BCUT2D eigenvalue weighted by molar-refractivity contribution is 5.41. The minimum absolute atomic E-state index is 0.190. The van der Waals surface area contributed by atoms with Crippen LogP contribution in [0.2, 0.25) is 0 Å². The van der Waals surface area contributed by atoms with E-state index in [2.05, 4.69) is 18.1 Å². The molecule has 0 radical (unpaired) electrons. The van der Waals surface area contributed by atoms with Gasteiger partial charge in [0.15, 0.2) is 0 Å². The van der Waals surface area contributed by atoms with Crippen molar-refractivity contribution < 1.29 is 0 Å². The summed E-state index contributed by atoms with van der Waals surface area (Å²) in [4.78, 5) is 4.25. The molecule has 1 aromatic rings. The molecule has 0 aliphatic rings. The van der Waals surface area contributed by atoms with Gasteiger partial charge in [-0.1, -0.05) is 18.7 Å². The van der Waals surface area contributed by atoms with Crippen LogP contribution in [0.25, 0.3) is 6.08 Å². The average Bonchev–Trinajstić information content (AvgIpc) is 2.17. The van der Waals surface area contributed by atoms with Crippen LogP contribution in [0, 0.1) is 0 Å². The maximum atomic E-state index is 5.70. The SMILES string of the molecule is C=Cc1cccc([C@H](N)C=C)n1. The number of nitrogens with two attached hydrogens (primary N) is 1. The van der Waals surface area contributed by atoms with Crippen molar-refractivity contribution in [3.8, 4) is 0 Å². The van der Waals surface area contributed by atoms with Gasteiger partial charge in [0.1, 0.15) is 0 Å². The maximum absolute atomic E-state index is 5.70. The molecule has 0 saturated heterocycles. The third-order valence-corrected chi connectivity index (χ3v) is 1.60. The summed E-state index contributed by atoms with van der Waals surface area (Å²) in [6, 6.07) is 5.47. The average molecular weight is 160 g/mol. The Morgan fingerprint density at radius 1 is 1.42 bits per heavy atom. The van der Waals surface area contributed by atoms with Crippen molar-refractivity contribution in [2.24, 2.45) is 5.73 Å². The zero-order valence-corrected chi connectivity index (χ0v) is 6.90. The lowest BCUT2D eigenvalue weighted by molar-refractivity contribution is 0.862. The molecule has 1 atom stereocenters. The summed E-state index contributed by atoms with van der Waals surface area (Å²) in [5.74, 6) is 0. The minimum atomic E-state index is -0.190. The van der Waals surface area contributed by atoms with Gasteiger partial charge < -0.3 is 5.73 Å². The lowest BCUT2D eigenvalue weighted by atomic mass is 10.2. The summed E-state index contributed by atoms with van der Waals surface area (Å²) in [5.41, 5.74) is 7.36. The molecule has 0 spiro atoms. The van der Waals surface area contributed by atoms with E-state index >= 15 is 0 Å². The van der Waals surface area contributed by atoms with Gasteiger partial charge in [-0.2, -0.15) is 0 Å². The lowest BCUT2D eigenvalue weighted by Gasteiger charge is -2.05. The van der Waals surface area contributed by atoms with Gasteiger partial charge in [0.2, 0.25) is 0 Å². The van der Waals surface area contributed by atoms with Crippen molar-refractivity contribution in [2.45, 2.75) is 6.04 Å². The van der Waals surface area contributed by atoms with Crippen LogP contribution in [0.4, 0.5) is 0 Å². The number of rotatable bonds is 3. The van der Waals surface area contributed by atoms with Crippen LogP contribution in [0.15, 0.2) is 37.4 Å². The second-order valence-corrected chi connectivity index (χ2v) is 2.45. The quantitative estimate of drug-likeness (QED) is 0.686. The monoisotopic (exact) mass is 160 g/mol. The molecular weight excluding hydrogens is 148 g/mol. The van der Waals surface area contributed by atoms with E-state index in [0.29, 0.717) is 0 Å². The minimum Gasteiger partial charge on any atom is -0.319 e. The van der Waals surface area contributed by atoms with Crippen molar-refractivity contribution in [1.29, 1.82) is 0 Å². The van der Waals surface area contributed by atoms with Crippen LogP contribution >= 0.6 is 0 Å². The Balaban J connectivity index is 3.00. The number of hydrogen-bond donors (Lipinski definition) is 1. The van der Waals surface area contributed by atoms with Crippen LogP contribution in [0.3, 0.4) is 0 Å². The number of nitrogens with zero attached hydrogens (tertiary/aromatic N) is 1. The topological polar surface area (TPSA) is 38.9 Å². The Hall–Kier alpha value is -1.41.